The number of nitrogens with one attached hydrogen (secondary N) is 1. The first-order chi connectivity index (χ1) is 7.36. The fraction of sp³-hybridized carbons (Fsp3) is 0.462. The number of pyridine rings is 1. The molecule has 2 rings (SSSR count). The number of hydrogen-bond acceptors (Lipinski definition) is 2. The van der Waals surface area contributed by atoms with E-state index in [-0.39, 0.29) is 0 Å². The first kappa shape index (κ1) is 10.2. The van der Waals surface area contributed by atoms with Gasteiger partial charge >= 0.3 is 0 Å². The van der Waals surface area contributed by atoms with Gasteiger partial charge < -0.3 is 5.32 Å². The van der Waals surface area contributed by atoms with E-state index >= 15 is 0 Å². The van der Waals surface area contributed by atoms with Crippen molar-refractivity contribution in [2.24, 2.45) is 0 Å². The van der Waals surface area contributed by atoms with E-state index in [2.05, 4.69) is 23.3 Å². The molecular formula is C13H18N2. The van der Waals surface area contributed by atoms with Crippen LogP contribution in [0.1, 0.15) is 31.2 Å². The fourth-order valence-electron chi connectivity index (χ4n) is 1.99. The smallest absolute Gasteiger partial charge is 0.0400 e. The Hall–Kier alpha value is -1.31. The van der Waals surface area contributed by atoms with Crippen molar-refractivity contribution in [3.8, 4) is 0 Å². The summed E-state index contributed by atoms with van der Waals surface area (Å²) in [6.45, 7) is 3.13. The maximum Gasteiger partial charge on any atom is 0.0400 e. The van der Waals surface area contributed by atoms with Crippen LogP contribution >= 0.6 is 0 Å². The molecule has 0 aromatic carbocycles. The van der Waals surface area contributed by atoms with Crippen molar-refractivity contribution in [2.45, 2.75) is 32.6 Å². The van der Waals surface area contributed by atoms with Gasteiger partial charge in [0.25, 0.3) is 0 Å². The van der Waals surface area contributed by atoms with E-state index in [1.165, 1.54) is 36.9 Å². The molecule has 1 N–H and O–H groups in total. The van der Waals surface area contributed by atoms with Gasteiger partial charge in [0.1, 0.15) is 0 Å². The summed E-state index contributed by atoms with van der Waals surface area (Å²) in [6, 6.07) is 2.04. The third-order valence-corrected chi connectivity index (χ3v) is 2.92. The number of nitrogens with zero attached hydrogens (tertiary/aromatic N) is 1. The Labute approximate surface area is 91.4 Å². The molecule has 0 aliphatic heterocycles. The molecule has 0 unspecified atom stereocenters. The molecule has 0 saturated carbocycles. The average Bonchev–Trinajstić information content (AvgIpc) is 2.74. The van der Waals surface area contributed by atoms with Gasteiger partial charge in [-0.25, -0.2) is 0 Å². The van der Waals surface area contributed by atoms with Crippen molar-refractivity contribution >= 4 is 5.69 Å². The zero-order valence-electron chi connectivity index (χ0n) is 9.29. The first-order valence-electron chi connectivity index (χ1n) is 5.68. The lowest BCUT2D eigenvalue weighted by Gasteiger charge is -2.08. The van der Waals surface area contributed by atoms with Crippen LogP contribution in [0.4, 0.5) is 5.69 Å². The van der Waals surface area contributed by atoms with Crippen LogP contribution in [0.3, 0.4) is 0 Å². The van der Waals surface area contributed by atoms with E-state index in [4.69, 9.17) is 0 Å². The number of allylic oxidation sites excluding steroid dienone is 1. The van der Waals surface area contributed by atoms with Crippen molar-refractivity contribution in [3.05, 3.63) is 35.7 Å². The Morgan fingerprint density at radius 1 is 1.47 bits per heavy atom. The Morgan fingerprint density at radius 2 is 2.40 bits per heavy atom. The average molecular weight is 202 g/mol. The van der Waals surface area contributed by atoms with Crippen LogP contribution in [0.5, 0.6) is 0 Å². The van der Waals surface area contributed by atoms with E-state index in [0.29, 0.717) is 0 Å². The van der Waals surface area contributed by atoms with Gasteiger partial charge in [0.15, 0.2) is 0 Å². The summed E-state index contributed by atoms with van der Waals surface area (Å²) in [5.74, 6) is 0. The molecule has 0 fully saturated rings. The molecule has 15 heavy (non-hydrogen) atoms. The topological polar surface area (TPSA) is 24.9 Å². The van der Waals surface area contributed by atoms with E-state index in [1.807, 2.05) is 18.5 Å². The van der Waals surface area contributed by atoms with Gasteiger partial charge in [-0.2, -0.15) is 0 Å². The quantitative estimate of drug-likeness (QED) is 0.758. The van der Waals surface area contributed by atoms with Crippen molar-refractivity contribution < 1.29 is 0 Å². The molecule has 0 saturated heterocycles. The van der Waals surface area contributed by atoms with Gasteiger partial charge in [-0.1, -0.05) is 11.6 Å². The number of aryl methyl sites for hydroxylation is 1. The Morgan fingerprint density at radius 3 is 3.13 bits per heavy atom. The van der Waals surface area contributed by atoms with Crippen molar-refractivity contribution in [2.75, 3.05) is 11.9 Å². The Kier molecular flexibility index (Phi) is 3.38. The molecule has 0 amide bonds. The van der Waals surface area contributed by atoms with Gasteiger partial charge in [-0.05, 0) is 44.2 Å². The fourth-order valence-corrected chi connectivity index (χ4v) is 1.99. The molecular weight excluding hydrogens is 184 g/mol. The predicted octanol–water partition coefficient (Wildman–Crippen LogP) is 3.30. The van der Waals surface area contributed by atoms with Crippen LogP contribution in [0.25, 0.3) is 0 Å². The van der Waals surface area contributed by atoms with E-state index in [1.54, 1.807) is 5.57 Å². The normalized spacial score (nSPS) is 15.1. The minimum atomic E-state index is 1.04. The number of aromatic nitrogens is 1. The predicted molar refractivity (Wildman–Crippen MR) is 64.0 cm³/mol. The molecule has 2 heteroatoms. The molecule has 2 nitrogen and oxygen atoms in total. The van der Waals surface area contributed by atoms with Gasteiger partial charge in [0, 0.05) is 24.6 Å². The summed E-state index contributed by atoms with van der Waals surface area (Å²) < 4.78 is 0. The summed E-state index contributed by atoms with van der Waals surface area (Å²) in [7, 11) is 0. The molecule has 1 heterocycles. The van der Waals surface area contributed by atoms with Crippen LogP contribution in [-0.2, 0) is 0 Å². The van der Waals surface area contributed by atoms with Crippen molar-refractivity contribution in [1.29, 1.82) is 0 Å². The maximum atomic E-state index is 4.08. The molecule has 80 valence electrons. The SMILES string of the molecule is Cc1cnccc1NCCC1=CCCC1. The molecule has 1 aromatic rings. The minimum Gasteiger partial charge on any atom is -0.384 e. The highest BCUT2D eigenvalue weighted by Gasteiger charge is 2.03. The maximum absolute atomic E-state index is 4.08. The lowest BCUT2D eigenvalue weighted by molar-refractivity contribution is 0.863. The summed E-state index contributed by atoms with van der Waals surface area (Å²) in [6.07, 6.45) is 11.2. The number of rotatable bonds is 4. The lowest BCUT2D eigenvalue weighted by atomic mass is 10.1. The summed E-state index contributed by atoms with van der Waals surface area (Å²) in [5.41, 5.74) is 4.05. The van der Waals surface area contributed by atoms with Gasteiger partial charge in [-0.3, -0.25) is 4.98 Å². The second-order valence-electron chi connectivity index (χ2n) is 4.12. The van der Waals surface area contributed by atoms with Gasteiger partial charge in [-0.15, -0.1) is 0 Å². The van der Waals surface area contributed by atoms with Crippen LogP contribution in [0.2, 0.25) is 0 Å². The first-order valence-corrected chi connectivity index (χ1v) is 5.68. The van der Waals surface area contributed by atoms with Crippen molar-refractivity contribution in [3.63, 3.8) is 0 Å². The highest BCUT2D eigenvalue weighted by atomic mass is 14.9. The second kappa shape index (κ2) is 4.96. The Balaban J connectivity index is 1.80. The molecule has 0 atom stereocenters. The lowest BCUT2D eigenvalue weighted by Crippen LogP contribution is -2.03. The molecule has 1 aliphatic carbocycles. The molecule has 0 spiro atoms. The van der Waals surface area contributed by atoms with E-state index < -0.39 is 0 Å². The van der Waals surface area contributed by atoms with Crippen LogP contribution in [0, 0.1) is 6.92 Å². The monoisotopic (exact) mass is 202 g/mol. The molecule has 1 aliphatic rings. The molecule has 1 aromatic heterocycles. The largest absolute Gasteiger partial charge is 0.384 e. The minimum absolute atomic E-state index is 1.04. The van der Waals surface area contributed by atoms with Crippen LogP contribution < -0.4 is 5.32 Å². The Bertz CT molecular complexity index is 355. The third kappa shape index (κ3) is 2.82. The highest BCUT2D eigenvalue weighted by molar-refractivity contribution is 5.48. The number of hydrogen-bond donors (Lipinski definition) is 1. The van der Waals surface area contributed by atoms with Crippen molar-refractivity contribution in [1.82, 2.24) is 4.98 Å². The molecule has 0 bridgehead atoms. The van der Waals surface area contributed by atoms with Gasteiger partial charge in [0.05, 0.1) is 0 Å². The third-order valence-electron chi connectivity index (χ3n) is 2.92. The standard InChI is InChI=1S/C13H18N2/c1-11-10-14-8-7-13(11)15-9-6-12-4-2-3-5-12/h4,7-8,10H,2-3,5-6,9H2,1H3,(H,14,15). The summed E-state index contributed by atoms with van der Waals surface area (Å²) >= 11 is 0. The second-order valence-corrected chi connectivity index (χ2v) is 4.12. The van der Waals surface area contributed by atoms with E-state index in [9.17, 15) is 0 Å². The molecule has 0 radical (unpaired) electrons. The highest BCUT2D eigenvalue weighted by Crippen LogP contribution is 2.20. The summed E-state index contributed by atoms with van der Waals surface area (Å²) in [4.78, 5) is 4.08. The van der Waals surface area contributed by atoms with Crippen LogP contribution in [0.15, 0.2) is 30.1 Å². The zero-order valence-corrected chi connectivity index (χ0v) is 9.29. The number of anilines is 1. The summed E-state index contributed by atoms with van der Waals surface area (Å²) in [5, 5.41) is 3.46. The zero-order chi connectivity index (χ0) is 10.5. The van der Waals surface area contributed by atoms with Gasteiger partial charge in [0.2, 0.25) is 0 Å². The van der Waals surface area contributed by atoms with Crippen LogP contribution in [-0.4, -0.2) is 11.5 Å². The van der Waals surface area contributed by atoms with E-state index in [0.717, 1.165) is 6.54 Å².